The second-order valence-corrected chi connectivity index (χ2v) is 7.69. The Morgan fingerprint density at radius 3 is 2.24 bits per heavy atom. The van der Waals surface area contributed by atoms with E-state index in [4.69, 9.17) is 4.74 Å². The van der Waals surface area contributed by atoms with Gasteiger partial charge in [-0.25, -0.2) is 0 Å². The Morgan fingerprint density at radius 1 is 1.00 bits per heavy atom. The molecule has 0 N–H and O–H groups in total. The highest BCUT2D eigenvalue weighted by Crippen LogP contribution is 2.34. The maximum atomic E-state index is 6.12. The van der Waals surface area contributed by atoms with Crippen LogP contribution in [-0.4, -0.2) is 34.5 Å². The number of anilines is 1. The molecule has 21 heavy (non-hydrogen) atoms. The predicted molar refractivity (Wildman–Crippen MR) is 86.8 cm³/mol. The molecular formula is C16H21N3OS. The normalized spacial score (nSPS) is 20.5. The Hall–Kier alpha value is -1.46. The maximum Gasteiger partial charge on any atom is 0.208 e. The minimum Gasteiger partial charge on any atom is -0.366 e. The number of ether oxygens (including phenoxy) is 1. The Bertz CT molecular complexity index is 605. The third kappa shape index (κ3) is 3.24. The summed E-state index contributed by atoms with van der Waals surface area (Å²) in [5.74, 6) is 0. The van der Waals surface area contributed by atoms with Crippen LogP contribution in [0.15, 0.2) is 30.3 Å². The molecule has 2 aromatic rings. The van der Waals surface area contributed by atoms with E-state index in [1.807, 2.05) is 18.2 Å². The summed E-state index contributed by atoms with van der Waals surface area (Å²) in [5.41, 5.74) is 0.758. The molecule has 0 amide bonds. The number of aromatic nitrogens is 2. The second kappa shape index (κ2) is 5.07. The van der Waals surface area contributed by atoms with Crippen LogP contribution < -0.4 is 4.90 Å². The van der Waals surface area contributed by atoms with Crippen LogP contribution in [0.4, 0.5) is 5.13 Å². The van der Waals surface area contributed by atoms with E-state index < -0.39 is 0 Å². The van der Waals surface area contributed by atoms with Crippen LogP contribution in [0.25, 0.3) is 10.6 Å². The summed E-state index contributed by atoms with van der Waals surface area (Å²) < 4.78 is 6.12. The van der Waals surface area contributed by atoms with Crippen molar-refractivity contribution in [3.63, 3.8) is 0 Å². The van der Waals surface area contributed by atoms with Gasteiger partial charge in [-0.05, 0) is 27.7 Å². The Morgan fingerprint density at radius 2 is 1.62 bits per heavy atom. The molecule has 1 aromatic carbocycles. The van der Waals surface area contributed by atoms with Gasteiger partial charge in [-0.2, -0.15) is 0 Å². The highest BCUT2D eigenvalue weighted by Gasteiger charge is 2.39. The lowest BCUT2D eigenvalue weighted by Crippen LogP contribution is -2.57. The van der Waals surface area contributed by atoms with Crippen molar-refractivity contribution in [2.75, 3.05) is 18.0 Å². The first-order valence-electron chi connectivity index (χ1n) is 7.19. The SMILES string of the molecule is CC1(C)CN(c2nnc(-c3ccccc3)s2)CC(C)(C)O1. The molecule has 0 saturated carbocycles. The quantitative estimate of drug-likeness (QED) is 0.849. The van der Waals surface area contributed by atoms with Crippen molar-refractivity contribution in [1.29, 1.82) is 0 Å². The van der Waals surface area contributed by atoms with Gasteiger partial charge in [0.15, 0.2) is 0 Å². The molecule has 0 unspecified atom stereocenters. The van der Waals surface area contributed by atoms with Gasteiger partial charge in [0.05, 0.1) is 11.2 Å². The predicted octanol–water partition coefficient (Wildman–Crippen LogP) is 3.60. The number of hydrogen-bond donors (Lipinski definition) is 0. The molecule has 5 heteroatoms. The standard InChI is InChI=1S/C16H21N3OS/c1-15(2)10-19(11-16(3,4)20-15)14-18-17-13(21-14)12-8-6-5-7-9-12/h5-9H,10-11H2,1-4H3. The number of morpholine rings is 1. The molecule has 1 aliphatic rings. The summed E-state index contributed by atoms with van der Waals surface area (Å²) >= 11 is 1.64. The summed E-state index contributed by atoms with van der Waals surface area (Å²) in [7, 11) is 0. The topological polar surface area (TPSA) is 38.2 Å². The van der Waals surface area contributed by atoms with Crippen molar-refractivity contribution >= 4 is 16.5 Å². The van der Waals surface area contributed by atoms with E-state index in [9.17, 15) is 0 Å². The molecule has 1 fully saturated rings. The fourth-order valence-electron chi connectivity index (χ4n) is 2.96. The van der Waals surface area contributed by atoms with Crippen molar-refractivity contribution < 1.29 is 4.74 Å². The van der Waals surface area contributed by atoms with E-state index in [2.05, 4.69) is 54.9 Å². The second-order valence-electron chi connectivity index (χ2n) is 6.73. The minimum absolute atomic E-state index is 0.180. The molecule has 0 bridgehead atoms. The molecule has 1 saturated heterocycles. The van der Waals surface area contributed by atoms with E-state index >= 15 is 0 Å². The molecule has 0 aliphatic carbocycles. The first kappa shape index (κ1) is 14.5. The molecule has 1 aromatic heterocycles. The lowest BCUT2D eigenvalue weighted by Gasteiger charge is -2.46. The van der Waals surface area contributed by atoms with E-state index in [1.165, 1.54) is 0 Å². The first-order chi connectivity index (χ1) is 9.85. The molecular weight excluding hydrogens is 282 g/mol. The molecule has 4 nitrogen and oxygen atoms in total. The third-order valence-corrected chi connectivity index (χ3v) is 4.43. The van der Waals surface area contributed by atoms with E-state index in [0.717, 1.165) is 28.8 Å². The summed E-state index contributed by atoms with van der Waals surface area (Å²) in [6, 6.07) is 10.2. The highest BCUT2D eigenvalue weighted by atomic mass is 32.1. The zero-order valence-corrected chi connectivity index (χ0v) is 13.8. The fraction of sp³-hybridized carbons (Fsp3) is 0.500. The monoisotopic (exact) mass is 303 g/mol. The third-order valence-electron chi connectivity index (χ3n) is 3.40. The largest absolute Gasteiger partial charge is 0.366 e. The molecule has 0 spiro atoms. The van der Waals surface area contributed by atoms with Gasteiger partial charge in [-0.1, -0.05) is 41.7 Å². The Kier molecular flexibility index (Phi) is 3.50. The molecule has 112 valence electrons. The molecule has 1 aliphatic heterocycles. The van der Waals surface area contributed by atoms with E-state index in [-0.39, 0.29) is 11.2 Å². The molecule has 0 atom stereocenters. The number of nitrogens with zero attached hydrogens (tertiary/aromatic N) is 3. The van der Waals surface area contributed by atoms with Crippen molar-refractivity contribution in [2.45, 2.75) is 38.9 Å². The van der Waals surface area contributed by atoms with Crippen molar-refractivity contribution in [2.24, 2.45) is 0 Å². The summed E-state index contributed by atoms with van der Waals surface area (Å²) in [4.78, 5) is 2.29. The van der Waals surface area contributed by atoms with Gasteiger partial charge in [0.2, 0.25) is 5.13 Å². The van der Waals surface area contributed by atoms with Gasteiger partial charge in [0, 0.05) is 18.7 Å². The van der Waals surface area contributed by atoms with Crippen molar-refractivity contribution in [3.05, 3.63) is 30.3 Å². The van der Waals surface area contributed by atoms with Crippen LogP contribution in [0.5, 0.6) is 0 Å². The molecule has 0 radical (unpaired) electrons. The van der Waals surface area contributed by atoms with Crippen LogP contribution in [0, 0.1) is 0 Å². The first-order valence-corrected chi connectivity index (χ1v) is 8.00. The van der Waals surface area contributed by atoms with Crippen molar-refractivity contribution in [3.8, 4) is 10.6 Å². The van der Waals surface area contributed by atoms with Gasteiger partial charge in [0.25, 0.3) is 0 Å². The maximum absolute atomic E-state index is 6.12. The van der Waals surface area contributed by atoms with Crippen LogP contribution in [0.1, 0.15) is 27.7 Å². The zero-order valence-electron chi connectivity index (χ0n) is 13.0. The van der Waals surface area contributed by atoms with Gasteiger partial charge in [-0.15, -0.1) is 10.2 Å². The van der Waals surface area contributed by atoms with Gasteiger partial charge >= 0.3 is 0 Å². The summed E-state index contributed by atoms with van der Waals surface area (Å²) in [6.45, 7) is 10.2. The summed E-state index contributed by atoms with van der Waals surface area (Å²) in [5, 5.41) is 10.7. The van der Waals surface area contributed by atoms with Crippen LogP contribution in [0.2, 0.25) is 0 Å². The average molecular weight is 303 g/mol. The lowest BCUT2D eigenvalue weighted by atomic mass is 9.99. The summed E-state index contributed by atoms with van der Waals surface area (Å²) in [6.07, 6.45) is 0. The average Bonchev–Trinajstić information content (AvgIpc) is 2.85. The zero-order chi connectivity index (χ0) is 15.1. The lowest BCUT2D eigenvalue weighted by molar-refractivity contribution is -0.133. The van der Waals surface area contributed by atoms with Crippen LogP contribution >= 0.6 is 11.3 Å². The fourth-order valence-corrected chi connectivity index (χ4v) is 3.81. The van der Waals surface area contributed by atoms with Gasteiger partial charge in [-0.3, -0.25) is 0 Å². The Labute approximate surface area is 129 Å². The minimum atomic E-state index is -0.180. The smallest absolute Gasteiger partial charge is 0.208 e. The Balaban J connectivity index is 1.86. The van der Waals surface area contributed by atoms with E-state index in [1.54, 1.807) is 11.3 Å². The van der Waals surface area contributed by atoms with E-state index in [0.29, 0.717) is 0 Å². The molecule has 3 rings (SSSR count). The van der Waals surface area contributed by atoms with Crippen molar-refractivity contribution in [1.82, 2.24) is 10.2 Å². The number of rotatable bonds is 2. The van der Waals surface area contributed by atoms with Crippen LogP contribution in [-0.2, 0) is 4.74 Å². The van der Waals surface area contributed by atoms with Gasteiger partial charge in [0.1, 0.15) is 5.01 Å². The number of benzene rings is 1. The van der Waals surface area contributed by atoms with Gasteiger partial charge < -0.3 is 9.64 Å². The number of hydrogen-bond acceptors (Lipinski definition) is 5. The van der Waals surface area contributed by atoms with Crippen LogP contribution in [0.3, 0.4) is 0 Å². The highest BCUT2D eigenvalue weighted by molar-refractivity contribution is 7.18. The molecule has 2 heterocycles.